The number of aromatic amines is 1. The van der Waals surface area contributed by atoms with Crippen LogP contribution in [0.25, 0.3) is 10.9 Å². The van der Waals surface area contributed by atoms with Crippen molar-refractivity contribution in [2.24, 2.45) is 23.1 Å². The third-order valence-corrected chi connectivity index (χ3v) is 11.7. The van der Waals surface area contributed by atoms with Crippen LogP contribution in [0.5, 0.6) is 0 Å². The zero-order valence-corrected chi connectivity index (χ0v) is 37.4. The van der Waals surface area contributed by atoms with Gasteiger partial charge in [-0.05, 0) is 59.6 Å². The fourth-order valence-electron chi connectivity index (χ4n) is 7.35. The number of alkyl halides is 1. The minimum absolute atomic E-state index is 0.0601. The number of fused-ring (bicyclic) bond motifs is 1. The van der Waals surface area contributed by atoms with Crippen LogP contribution in [-0.4, -0.2) is 91.2 Å². The van der Waals surface area contributed by atoms with E-state index in [9.17, 15) is 33.6 Å². The van der Waals surface area contributed by atoms with Gasteiger partial charge < -0.3 is 42.9 Å². The third-order valence-electron chi connectivity index (χ3n) is 10.7. The number of para-hydroxylation sites is 1. The van der Waals surface area contributed by atoms with E-state index in [-0.39, 0.29) is 42.7 Å². The largest absolute Gasteiger partial charge is 0.370 e. The second-order valence-corrected chi connectivity index (χ2v) is 17.2. The van der Waals surface area contributed by atoms with Crippen molar-refractivity contribution in [3.05, 3.63) is 137 Å². The highest BCUT2D eigenvalue weighted by Gasteiger charge is 2.48. The smallest absolute Gasteiger partial charge is 0.261 e. The number of nitrogens with zero attached hydrogens (tertiary/aromatic N) is 2. The van der Waals surface area contributed by atoms with Crippen molar-refractivity contribution in [2.45, 2.75) is 87.6 Å². The Labute approximate surface area is 386 Å². The number of amides is 5. The van der Waals surface area contributed by atoms with Gasteiger partial charge in [-0.1, -0.05) is 104 Å². The molecule has 5 rings (SSSR count). The van der Waals surface area contributed by atoms with E-state index in [1.807, 2.05) is 26.0 Å². The van der Waals surface area contributed by atoms with Crippen molar-refractivity contribution in [3.8, 4) is 0 Å². The molecule has 0 unspecified atom stereocenters. The van der Waals surface area contributed by atoms with E-state index >= 15 is 0 Å². The van der Waals surface area contributed by atoms with Crippen LogP contribution < -0.4 is 33.2 Å². The molecule has 3 aromatic carbocycles. The summed E-state index contributed by atoms with van der Waals surface area (Å²) in [6.45, 7) is 3.80. The number of Topliss-reactive ketones (excluding diaryl/α,β-unsaturated/α-hetero) is 1. The molecule has 2 aromatic heterocycles. The van der Waals surface area contributed by atoms with Gasteiger partial charge in [-0.2, -0.15) is 0 Å². The molecule has 18 heteroatoms. The number of halogens is 2. The first kappa shape index (κ1) is 49.6. The molecule has 5 amide bonds. The topological polar surface area (TPSA) is 266 Å². The van der Waals surface area contributed by atoms with Gasteiger partial charge in [0.15, 0.2) is 5.00 Å². The van der Waals surface area contributed by atoms with Crippen LogP contribution in [0.3, 0.4) is 0 Å². The lowest BCUT2D eigenvalue weighted by molar-refractivity contribution is -0.136. The zero-order valence-electron chi connectivity index (χ0n) is 35.9. The fraction of sp³-hybridized carbons (Fsp3) is 0.319. The number of carbonyl (C=O) groups is 7. The van der Waals surface area contributed by atoms with Gasteiger partial charge in [0.25, 0.3) is 5.91 Å². The number of benzene rings is 3. The lowest BCUT2D eigenvalue weighted by Crippen LogP contribution is -2.59. The molecule has 0 saturated carbocycles. The number of nitrogens with one attached hydrogen (secondary N) is 4. The average molecular weight is 927 g/mol. The predicted molar refractivity (Wildman–Crippen MR) is 247 cm³/mol. The van der Waals surface area contributed by atoms with Crippen LogP contribution in [0.15, 0.2) is 110 Å². The van der Waals surface area contributed by atoms with Crippen LogP contribution in [0.1, 0.15) is 59.3 Å². The normalized spacial score (nSPS) is 14.5. The summed E-state index contributed by atoms with van der Waals surface area (Å²) in [4.78, 5) is 99.5. The van der Waals surface area contributed by atoms with Gasteiger partial charge in [-0.15, -0.1) is 0 Å². The van der Waals surface area contributed by atoms with Gasteiger partial charge in [0, 0.05) is 59.7 Å². The summed E-state index contributed by atoms with van der Waals surface area (Å²) in [5.74, 6) is -5.11. The van der Waals surface area contributed by atoms with E-state index in [2.05, 4.69) is 25.9 Å². The van der Waals surface area contributed by atoms with E-state index in [0.717, 1.165) is 11.1 Å². The van der Waals surface area contributed by atoms with Gasteiger partial charge in [-0.3, -0.25) is 33.8 Å². The standard InChI is InChI=1S/C47H53Cl2N9O7/c1-28(2)19-33(27-59)55-43(62)37(51)21-31-25-53-18-17-35(31)42(61)47(48,24-30-13-7-4-8-14-30)58(49)46(65)40(22-32-26-54-38-16-10-9-15-34(32)38)57-45(64)39(23-41(52)60)56-44(63)36(50)20-29-11-5-3-6-12-29/h3-18,25-28,33,36-37,39-40,54H,19-24,50-51H2,1-2H3,(H2,52,60)(H,55,62)(H,56,63)(H,57,64)/t33-,36+,37+,39-,40+,47-/m0/s1. The molecule has 0 bridgehead atoms. The maximum Gasteiger partial charge on any atom is 0.261 e. The van der Waals surface area contributed by atoms with Crippen LogP contribution in [0.2, 0.25) is 0 Å². The molecule has 0 radical (unpaired) electrons. The average Bonchev–Trinajstić information content (AvgIpc) is 3.70. The van der Waals surface area contributed by atoms with Crippen molar-refractivity contribution in [1.29, 1.82) is 0 Å². The monoisotopic (exact) mass is 925 g/mol. The molecule has 0 fully saturated rings. The molecule has 0 spiro atoms. The molecule has 0 aliphatic heterocycles. The first-order valence-electron chi connectivity index (χ1n) is 21.0. The summed E-state index contributed by atoms with van der Waals surface area (Å²) < 4.78 is 0.526. The maximum absolute atomic E-state index is 15.0. The summed E-state index contributed by atoms with van der Waals surface area (Å²) in [5.41, 5.74) is 20.7. The number of nitrogens with two attached hydrogens (primary N) is 3. The molecule has 6 atom stereocenters. The molecule has 65 heavy (non-hydrogen) atoms. The Hall–Kier alpha value is -6.46. The first-order valence-corrected chi connectivity index (χ1v) is 21.7. The first-order chi connectivity index (χ1) is 31.0. The van der Waals surface area contributed by atoms with Gasteiger partial charge in [0.1, 0.15) is 18.4 Å². The van der Waals surface area contributed by atoms with Gasteiger partial charge >= 0.3 is 0 Å². The van der Waals surface area contributed by atoms with Gasteiger partial charge in [0.05, 0.1) is 24.5 Å². The van der Waals surface area contributed by atoms with Crippen molar-refractivity contribution >= 4 is 75.9 Å². The Bertz CT molecular complexity index is 2470. The number of aldehydes is 1. The lowest BCUT2D eigenvalue weighted by atomic mass is 9.92. The second-order valence-electron chi connectivity index (χ2n) is 16.2. The van der Waals surface area contributed by atoms with Crippen molar-refractivity contribution < 1.29 is 33.6 Å². The summed E-state index contributed by atoms with van der Waals surface area (Å²) >= 11 is 14.4. The van der Waals surface area contributed by atoms with Crippen LogP contribution in [0.4, 0.5) is 0 Å². The summed E-state index contributed by atoms with van der Waals surface area (Å²) in [6, 6.07) is 19.7. The Kier molecular flexibility index (Phi) is 17.5. The maximum atomic E-state index is 15.0. The lowest BCUT2D eigenvalue weighted by Gasteiger charge is -2.36. The molecule has 0 aliphatic rings. The number of ketones is 1. The SMILES string of the molecule is CC(C)C[C@@H](C=O)NC(=O)[C@H](N)Cc1cnccc1C(=O)[C@](Cl)(Cc1ccccc1)N(Cl)C(=O)[C@@H](Cc1c[nH]c2ccccc12)NC(=O)[C@H](CC(N)=O)NC(=O)[C@H](N)Cc1ccccc1. The Morgan fingerprint density at radius 3 is 2.02 bits per heavy atom. The van der Waals surface area contributed by atoms with E-state index in [1.54, 1.807) is 79.0 Å². The Morgan fingerprint density at radius 1 is 0.769 bits per heavy atom. The Balaban J connectivity index is 1.49. The molecular weight excluding hydrogens is 873 g/mol. The second kappa shape index (κ2) is 22.9. The van der Waals surface area contributed by atoms with Crippen LogP contribution >= 0.6 is 23.4 Å². The quantitative estimate of drug-likeness (QED) is 0.0165. The minimum Gasteiger partial charge on any atom is -0.370 e. The number of aromatic nitrogens is 2. The number of hydrogen-bond donors (Lipinski definition) is 7. The summed E-state index contributed by atoms with van der Waals surface area (Å²) in [5, 5.41) is 8.48. The van der Waals surface area contributed by atoms with E-state index in [0.29, 0.717) is 33.6 Å². The molecule has 342 valence electrons. The molecule has 0 saturated heterocycles. The fourth-order valence-corrected chi connectivity index (χ4v) is 7.95. The number of hydrogen-bond acceptors (Lipinski definition) is 10. The van der Waals surface area contributed by atoms with Gasteiger partial charge in [-0.25, -0.2) is 4.42 Å². The van der Waals surface area contributed by atoms with Crippen LogP contribution in [-0.2, 0) is 54.5 Å². The highest BCUT2D eigenvalue weighted by molar-refractivity contribution is 6.43. The van der Waals surface area contributed by atoms with Crippen molar-refractivity contribution in [2.75, 3.05) is 0 Å². The molecule has 10 N–H and O–H groups in total. The van der Waals surface area contributed by atoms with Crippen molar-refractivity contribution in [3.63, 3.8) is 0 Å². The molecule has 5 aromatic rings. The molecular formula is C47H53Cl2N9O7. The highest BCUT2D eigenvalue weighted by atomic mass is 35.5. The van der Waals surface area contributed by atoms with E-state index < -0.39 is 76.9 Å². The molecule has 0 aliphatic carbocycles. The predicted octanol–water partition coefficient (Wildman–Crippen LogP) is 3.16. The zero-order chi connectivity index (χ0) is 47.3. The Morgan fingerprint density at radius 2 is 1.37 bits per heavy atom. The van der Waals surface area contributed by atoms with E-state index in [1.165, 1.54) is 18.5 Å². The summed E-state index contributed by atoms with van der Waals surface area (Å²) in [7, 11) is 0. The number of H-pyrrole nitrogens is 1. The van der Waals surface area contributed by atoms with Gasteiger partial charge in [0.2, 0.25) is 29.4 Å². The summed E-state index contributed by atoms with van der Waals surface area (Å²) in [6.07, 6.45) is 4.01. The van der Waals surface area contributed by atoms with Crippen molar-refractivity contribution in [1.82, 2.24) is 30.3 Å². The van der Waals surface area contributed by atoms with Crippen LogP contribution in [0, 0.1) is 5.92 Å². The third kappa shape index (κ3) is 13.3. The number of carbonyl (C=O) groups excluding carboxylic acids is 7. The molecule has 16 nitrogen and oxygen atoms in total. The number of pyridine rings is 1. The van der Waals surface area contributed by atoms with E-state index in [4.69, 9.17) is 40.6 Å². The molecule has 2 heterocycles. The highest BCUT2D eigenvalue weighted by Crippen LogP contribution is 2.34. The number of primary amides is 1. The number of rotatable bonds is 23. The minimum atomic E-state index is -2.41.